The second kappa shape index (κ2) is 7.48. The van der Waals surface area contributed by atoms with Crippen molar-refractivity contribution in [2.45, 2.75) is 25.6 Å². The Bertz CT molecular complexity index is 402. The smallest absolute Gasteiger partial charge is 0.224 e. The summed E-state index contributed by atoms with van der Waals surface area (Å²) >= 11 is 5.57. The zero-order valence-electron chi connectivity index (χ0n) is 10.7. The molecular formula is C14H18ClNO3. The lowest BCUT2D eigenvalue weighted by molar-refractivity contribution is -0.116. The molecule has 1 saturated heterocycles. The van der Waals surface area contributed by atoms with E-state index in [2.05, 4.69) is 5.32 Å². The number of hydrogen-bond acceptors (Lipinski definition) is 3. The Labute approximate surface area is 118 Å². The van der Waals surface area contributed by atoms with Crippen LogP contribution in [-0.4, -0.2) is 25.0 Å². The fourth-order valence-electron chi connectivity index (χ4n) is 1.88. The predicted octanol–water partition coefficient (Wildman–Crippen LogP) is 3.08. The summed E-state index contributed by atoms with van der Waals surface area (Å²) in [5, 5.41) is 2.85. The highest BCUT2D eigenvalue weighted by molar-refractivity contribution is 6.17. The molecule has 0 aromatic heterocycles. The third-order valence-corrected chi connectivity index (χ3v) is 3.14. The van der Waals surface area contributed by atoms with Crippen LogP contribution in [0.2, 0.25) is 0 Å². The van der Waals surface area contributed by atoms with Gasteiger partial charge in [-0.2, -0.15) is 0 Å². The van der Waals surface area contributed by atoms with Crippen LogP contribution in [0.4, 0.5) is 5.69 Å². The molecule has 104 valence electrons. The van der Waals surface area contributed by atoms with Crippen molar-refractivity contribution in [3.05, 3.63) is 29.8 Å². The summed E-state index contributed by atoms with van der Waals surface area (Å²) in [6.45, 7) is 1.26. The minimum atomic E-state index is -0.270. The van der Waals surface area contributed by atoms with Gasteiger partial charge >= 0.3 is 0 Å². The van der Waals surface area contributed by atoms with Gasteiger partial charge in [0.15, 0.2) is 6.29 Å². The van der Waals surface area contributed by atoms with Crippen LogP contribution in [-0.2, 0) is 14.3 Å². The van der Waals surface area contributed by atoms with Crippen LogP contribution < -0.4 is 5.32 Å². The average Bonchev–Trinajstić information content (AvgIpc) is 2.94. The van der Waals surface area contributed by atoms with Gasteiger partial charge in [-0.1, -0.05) is 12.1 Å². The summed E-state index contributed by atoms with van der Waals surface area (Å²) in [5.74, 6) is 0.620. The maximum atomic E-state index is 11.6. The van der Waals surface area contributed by atoms with Crippen molar-refractivity contribution in [3.63, 3.8) is 0 Å². The van der Waals surface area contributed by atoms with E-state index < -0.39 is 0 Å². The van der Waals surface area contributed by atoms with Gasteiger partial charge in [0.2, 0.25) is 5.91 Å². The van der Waals surface area contributed by atoms with Crippen molar-refractivity contribution in [1.29, 1.82) is 0 Å². The van der Waals surface area contributed by atoms with Crippen LogP contribution >= 0.6 is 11.6 Å². The number of anilines is 1. The lowest BCUT2D eigenvalue weighted by atomic mass is 10.2. The Balaban J connectivity index is 1.82. The number of hydrogen-bond donors (Lipinski definition) is 1. The molecule has 1 aromatic rings. The first-order valence-electron chi connectivity index (χ1n) is 6.48. The van der Waals surface area contributed by atoms with Gasteiger partial charge in [-0.05, 0) is 25.0 Å². The van der Waals surface area contributed by atoms with E-state index in [0.29, 0.717) is 25.5 Å². The van der Waals surface area contributed by atoms with Gasteiger partial charge in [-0.25, -0.2) is 0 Å². The molecule has 0 atom stereocenters. The predicted molar refractivity (Wildman–Crippen MR) is 74.3 cm³/mol. The molecule has 1 N–H and O–H groups in total. The number of nitrogens with one attached hydrogen (secondary N) is 1. The van der Waals surface area contributed by atoms with Crippen LogP contribution in [0.1, 0.15) is 31.1 Å². The van der Waals surface area contributed by atoms with Crippen LogP contribution in [0.5, 0.6) is 0 Å². The first-order chi connectivity index (χ1) is 9.29. The van der Waals surface area contributed by atoms with Crippen molar-refractivity contribution in [2.75, 3.05) is 24.4 Å². The van der Waals surface area contributed by atoms with Crippen molar-refractivity contribution in [1.82, 2.24) is 0 Å². The minimum absolute atomic E-state index is 0.0197. The fourth-order valence-corrected chi connectivity index (χ4v) is 2.07. The first-order valence-corrected chi connectivity index (χ1v) is 7.02. The molecule has 0 radical (unpaired) electrons. The van der Waals surface area contributed by atoms with Crippen molar-refractivity contribution in [3.8, 4) is 0 Å². The maximum Gasteiger partial charge on any atom is 0.224 e. The Morgan fingerprint density at radius 3 is 2.53 bits per heavy atom. The SMILES string of the molecule is O=C(CCCCCl)Nc1ccc(C2OCCO2)cc1. The number of carbonyl (C=O) groups is 1. The third-order valence-electron chi connectivity index (χ3n) is 2.88. The number of carbonyl (C=O) groups excluding carboxylic acids is 1. The summed E-state index contributed by atoms with van der Waals surface area (Å²) in [6.07, 6.45) is 1.92. The van der Waals surface area contributed by atoms with E-state index in [9.17, 15) is 4.79 Å². The highest BCUT2D eigenvalue weighted by Crippen LogP contribution is 2.24. The van der Waals surface area contributed by atoms with E-state index in [-0.39, 0.29) is 12.2 Å². The fraction of sp³-hybridized carbons (Fsp3) is 0.500. The van der Waals surface area contributed by atoms with E-state index in [1.54, 1.807) is 0 Å². The molecule has 2 rings (SSSR count). The topological polar surface area (TPSA) is 47.6 Å². The molecule has 0 unspecified atom stereocenters. The standard InChI is InChI=1S/C14H18ClNO3/c15-8-2-1-3-13(17)16-12-6-4-11(5-7-12)14-18-9-10-19-14/h4-7,14H,1-3,8-10H2,(H,16,17). The Kier molecular flexibility index (Phi) is 5.63. The van der Waals surface area contributed by atoms with E-state index in [1.165, 1.54) is 0 Å². The van der Waals surface area contributed by atoms with Crippen molar-refractivity contribution >= 4 is 23.2 Å². The molecule has 0 spiro atoms. The molecule has 4 nitrogen and oxygen atoms in total. The number of amides is 1. The molecule has 0 bridgehead atoms. The summed E-state index contributed by atoms with van der Waals surface area (Å²) in [5.41, 5.74) is 1.76. The molecule has 19 heavy (non-hydrogen) atoms. The molecule has 1 aliphatic heterocycles. The monoisotopic (exact) mass is 283 g/mol. The quantitative estimate of drug-likeness (QED) is 0.645. The van der Waals surface area contributed by atoms with Gasteiger partial charge < -0.3 is 14.8 Å². The van der Waals surface area contributed by atoms with Crippen molar-refractivity contribution < 1.29 is 14.3 Å². The molecule has 1 heterocycles. The molecule has 1 aromatic carbocycles. The second-order valence-electron chi connectivity index (χ2n) is 4.39. The highest BCUT2D eigenvalue weighted by atomic mass is 35.5. The van der Waals surface area contributed by atoms with Gasteiger partial charge in [0.05, 0.1) is 13.2 Å². The van der Waals surface area contributed by atoms with Crippen LogP contribution in [0.15, 0.2) is 24.3 Å². The van der Waals surface area contributed by atoms with Crippen LogP contribution in [0.25, 0.3) is 0 Å². The van der Waals surface area contributed by atoms with E-state index >= 15 is 0 Å². The zero-order valence-corrected chi connectivity index (χ0v) is 11.5. The summed E-state index contributed by atoms with van der Waals surface area (Å²) in [6, 6.07) is 7.54. The lowest BCUT2D eigenvalue weighted by Gasteiger charge is -2.10. The molecule has 1 amide bonds. The number of ether oxygens (including phenoxy) is 2. The molecule has 5 heteroatoms. The number of unbranched alkanes of at least 4 members (excludes halogenated alkanes) is 1. The maximum absolute atomic E-state index is 11.6. The summed E-state index contributed by atoms with van der Waals surface area (Å²) in [7, 11) is 0. The van der Waals surface area contributed by atoms with E-state index in [1.807, 2.05) is 24.3 Å². The zero-order chi connectivity index (χ0) is 13.5. The Morgan fingerprint density at radius 2 is 1.89 bits per heavy atom. The lowest BCUT2D eigenvalue weighted by Crippen LogP contribution is -2.11. The van der Waals surface area contributed by atoms with E-state index in [0.717, 1.165) is 24.1 Å². The number of halogens is 1. The summed E-state index contributed by atoms with van der Waals surface area (Å²) in [4.78, 5) is 11.6. The molecule has 1 fully saturated rings. The molecule has 0 saturated carbocycles. The third kappa shape index (κ3) is 4.49. The minimum Gasteiger partial charge on any atom is -0.346 e. The average molecular weight is 284 g/mol. The van der Waals surface area contributed by atoms with Gasteiger partial charge in [-0.3, -0.25) is 4.79 Å². The normalized spacial score (nSPS) is 15.6. The number of rotatable bonds is 6. The van der Waals surface area contributed by atoms with Gasteiger partial charge in [0.1, 0.15) is 0 Å². The summed E-state index contributed by atoms with van der Waals surface area (Å²) < 4.78 is 10.8. The van der Waals surface area contributed by atoms with Crippen LogP contribution in [0.3, 0.4) is 0 Å². The van der Waals surface area contributed by atoms with Crippen molar-refractivity contribution in [2.24, 2.45) is 0 Å². The first kappa shape index (κ1) is 14.3. The molecule has 1 aliphatic rings. The Morgan fingerprint density at radius 1 is 1.21 bits per heavy atom. The molecular weight excluding hydrogens is 266 g/mol. The highest BCUT2D eigenvalue weighted by Gasteiger charge is 2.17. The van der Waals surface area contributed by atoms with Gasteiger partial charge in [-0.15, -0.1) is 11.6 Å². The number of alkyl halides is 1. The number of benzene rings is 1. The molecule has 0 aliphatic carbocycles. The van der Waals surface area contributed by atoms with Crippen LogP contribution in [0, 0.1) is 0 Å². The van der Waals surface area contributed by atoms with E-state index in [4.69, 9.17) is 21.1 Å². The van der Waals surface area contributed by atoms with Gasteiger partial charge in [0.25, 0.3) is 0 Å². The second-order valence-corrected chi connectivity index (χ2v) is 4.77. The largest absolute Gasteiger partial charge is 0.346 e. The Hall–Kier alpha value is -1.10. The van der Waals surface area contributed by atoms with Gasteiger partial charge in [0, 0.05) is 23.6 Å².